The molecule has 2 N–H and O–H groups in total. The molecule has 10 heteroatoms. The first-order chi connectivity index (χ1) is 13.5. The van der Waals surface area contributed by atoms with Crippen LogP contribution in [0.25, 0.3) is 0 Å². The van der Waals surface area contributed by atoms with E-state index in [0.29, 0.717) is 25.1 Å². The number of halogens is 3. The predicted molar refractivity (Wildman–Crippen MR) is 101 cm³/mol. The zero-order chi connectivity index (χ0) is 21.4. The summed E-state index contributed by atoms with van der Waals surface area (Å²) in [6, 6.07) is 2.89. The SMILES string of the molecule is CCNc1ccc(S(=O)(=O)C(F)(F)F)cc1NC(=O)C1C[C@H]2CCC[C@@H](C1)C2=O. The fraction of sp³-hybridized carbons (Fsp3) is 0.579. The van der Waals surface area contributed by atoms with Gasteiger partial charge in [0.1, 0.15) is 5.78 Å². The molecule has 160 valence electrons. The van der Waals surface area contributed by atoms with Crippen LogP contribution in [0.15, 0.2) is 23.1 Å². The Kier molecular flexibility index (Phi) is 5.93. The van der Waals surface area contributed by atoms with Crippen molar-refractivity contribution in [1.82, 2.24) is 0 Å². The molecule has 0 radical (unpaired) electrons. The second-order valence-electron chi connectivity index (χ2n) is 7.57. The molecular weight excluding hydrogens is 409 g/mol. The van der Waals surface area contributed by atoms with Gasteiger partial charge < -0.3 is 10.6 Å². The fourth-order valence-electron chi connectivity index (χ4n) is 4.20. The fourth-order valence-corrected chi connectivity index (χ4v) is 4.99. The number of hydrogen-bond donors (Lipinski definition) is 2. The van der Waals surface area contributed by atoms with Crippen molar-refractivity contribution < 1.29 is 31.2 Å². The molecule has 2 aliphatic carbocycles. The Morgan fingerprint density at radius 3 is 2.31 bits per heavy atom. The van der Waals surface area contributed by atoms with Crippen LogP contribution < -0.4 is 10.6 Å². The highest BCUT2D eigenvalue weighted by Gasteiger charge is 2.47. The molecule has 29 heavy (non-hydrogen) atoms. The third kappa shape index (κ3) is 4.26. The summed E-state index contributed by atoms with van der Waals surface area (Å²) >= 11 is 0. The zero-order valence-corrected chi connectivity index (χ0v) is 16.7. The number of hydrogen-bond acceptors (Lipinski definition) is 5. The van der Waals surface area contributed by atoms with Crippen LogP contribution in [0.4, 0.5) is 24.5 Å². The lowest BCUT2D eigenvalue weighted by Gasteiger charge is -2.37. The number of carbonyl (C=O) groups is 2. The molecule has 2 aliphatic rings. The number of anilines is 2. The molecule has 0 heterocycles. The highest BCUT2D eigenvalue weighted by atomic mass is 32.2. The number of sulfone groups is 1. The molecule has 0 aromatic heterocycles. The van der Waals surface area contributed by atoms with Gasteiger partial charge in [-0.1, -0.05) is 6.42 Å². The maximum absolute atomic E-state index is 12.9. The monoisotopic (exact) mass is 432 g/mol. The Bertz CT molecular complexity index is 899. The lowest BCUT2D eigenvalue weighted by Crippen LogP contribution is -2.40. The van der Waals surface area contributed by atoms with Gasteiger partial charge in [-0.25, -0.2) is 8.42 Å². The van der Waals surface area contributed by atoms with Gasteiger partial charge in [-0.3, -0.25) is 9.59 Å². The Morgan fingerprint density at radius 2 is 1.76 bits per heavy atom. The van der Waals surface area contributed by atoms with E-state index in [2.05, 4.69) is 10.6 Å². The molecule has 1 amide bonds. The molecule has 0 saturated heterocycles. The molecule has 2 saturated carbocycles. The summed E-state index contributed by atoms with van der Waals surface area (Å²) < 4.78 is 62.2. The predicted octanol–water partition coefficient (Wildman–Crippen LogP) is 3.75. The van der Waals surface area contributed by atoms with Gasteiger partial charge in [0.05, 0.1) is 16.3 Å². The molecule has 0 spiro atoms. The van der Waals surface area contributed by atoms with Crippen molar-refractivity contribution in [2.45, 2.75) is 49.4 Å². The second-order valence-corrected chi connectivity index (χ2v) is 9.51. The van der Waals surface area contributed by atoms with Crippen molar-refractivity contribution in [1.29, 1.82) is 0 Å². The number of carbonyl (C=O) groups excluding carboxylic acids is 2. The van der Waals surface area contributed by atoms with Gasteiger partial charge in [0.25, 0.3) is 9.84 Å². The van der Waals surface area contributed by atoms with Crippen LogP contribution in [0.5, 0.6) is 0 Å². The van der Waals surface area contributed by atoms with Crippen LogP contribution >= 0.6 is 0 Å². The zero-order valence-electron chi connectivity index (χ0n) is 15.9. The number of benzene rings is 1. The van der Waals surface area contributed by atoms with Crippen molar-refractivity contribution in [3.8, 4) is 0 Å². The van der Waals surface area contributed by atoms with Crippen molar-refractivity contribution in [2.24, 2.45) is 17.8 Å². The van der Waals surface area contributed by atoms with E-state index in [1.807, 2.05) is 0 Å². The number of rotatable bonds is 5. The maximum Gasteiger partial charge on any atom is 0.501 e. The van der Waals surface area contributed by atoms with E-state index in [9.17, 15) is 31.2 Å². The highest BCUT2D eigenvalue weighted by molar-refractivity contribution is 7.92. The Morgan fingerprint density at radius 1 is 1.14 bits per heavy atom. The number of amides is 1. The summed E-state index contributed by atoms with van der Waals surface area (Å²) in [6.45, 7) is 2.19. The highest BCUT2D eigenvalue weighted by Crippen LogP contribution is 2.41. The quantitative estimate of drug-likeness (QED) is 0.739. The third-order valence-corrected chi connectivity index (χ3v) is 7.13. The van der Waals surface area contributed by atoms with E-state index in [4.69, 9.17) is 0 Å². The summed E-state index contributed by atoms with van der Waals surface area (Å²) in [6.07, 6.45) is 3.29. The van der Waals surface area contributed by atoms with E-state index >= 15 is 0 Å². The minimum absolute atomic E-state index is 0.0239. The largest absolute Gasteiger partial charge is 0.501 e. The standard InChI is InChI=1S/C19H23F3N2O4S/c1-2-23-15-7-6-14(29(27,28)19(20,21)22)10-16(15)24-18(26)13-8-11-4-3-5-12(9-13)17(11)25/h6-7,10-13,23H,2-5,8-9H2,1H3,(H,24,26)/t11-,12+,13?. The molecule has 6 nitrogen and oxygen atoms in total. The Labute approximate surface area is 167 Å². The van der Waals surface area contributed by atoms with Gasteiger partial charge in [-0.05, 0) is 50.8 Å². The number of alkyl halides is 3. The van der Waals surface area contributed by atoms with Gasteiger partial charge in [-0.2, -0.15) is 13.2 Å². The van der Waals surface area contributed by atoms with E-state index in [-0.39, 0.29) is 23.3 Å². The molecule has 2 bridgehead atoms. The van der Waals surface area contributed by atoms with E-state index in [1.54, 1.807) is 6.92 Å². The summed E-state index contributed by atoms with van der Waals surface area (Å²) in [5, 5.41) is 5.49. The Hall–Kier alpha value is -2.10. The van der Waals surface area contributed by atoms with E-state index < -0.39 is 32.1 Å². The number of Topliss-reactive ketones (excluding diaryl/α,β-unsaturated/α-hetero) is 1. The van der Waals surface area contributed by atoms with Crippen molar-refractivity contribution in [2.75, 3.05) is 17.2 Å². The summed E-state index contributed by atoms with van der Waals surface area (Å²) in [5.74, 6) is -0.936. The lowest BCUT2D eigenvalue weighted by molar-refractivity contribution is -0.136. The van der Waals surface area contributed by atoms with Gasteiger partial charge in [0, 0.05) is 24.3 Å². The van der Waals surface area contributed by atoms with Crippen molar-refractivity contribution in [3.05, 3.63) is 18.2 Å². The normalized spacial score (nSPS) is 24.8. The van der Waals surface area contributed by atoms with E-state index in [0.717, 1.165) is 31.4 Å². The molecular formula is C19H23F3N2O4S. The average molecular weight is 432 g/mol. The average Bonchev–Trinajstić information content (AvgIpc) is 2.62. The first kappa shape index (κ1) is 21.6. The third-order valence-electron chi connectivity index (χ3n) is 5.65. The van der Waals surface area contributed by atoms with Gasteiger partial charge in [0.2, 0.25) is 5.91 Å². The minimum Gasteiger partial charge on any atom is -0.384 e. The molecule has 3 rings (SSSR count). The minimum atomic E-state index is -5.53. The van der Waals surface area contributed by atoms with Crippen molar-refractivity contribution in [3.63, 3.8) is 0 Å². The van der Waals surface area contributed by atoms with Gasteiger partial charge in [-0.15, -0.1) is 0 Å². The number of fused-ring (bicyclic) bond motifs is 2. The van der Waals surface area contributed by atoms with Crippen LogP contribution in [0.2, 0.25) is 0 Å². The van der Waals surface area contributed by atoms with Crippen LogP contribution in [0, 0.1) is 17.8 Å². The smallest absolute Gasteiger partial charge is 0.384 e. The second kappa shape index (κ2) is 7.97. The van der Waals surface area contributed by atoms with Crippen LogP contribution in [-0.2, 0) is 19.4 Å². The van der Waals surface area contributed by atoms with E-state index in [1.165, 1.54) is 6.07 Å². The summed E-state index contributed by atoms with van der Waals surface area (Å²) in [5.41, 5.74) is -5.13. The van der Waals surface area contributed by atoms with Gasteiger partial charge >= 0.3 is 5.51 Å². The number of ketones is 1. The number of nitrogens with one attached hydrogen (secondary N) is 2. The molecule has 3 atom stereocenters. The van der Waals surface area contributed by atoms with Crippen molar-refractivity contribution >= 4 is 32.9 Å². The topological polar surface area (TPSA) is 92.3 Å². The van der Waals surface area contributed by atoms with Crippen LogP contribution in [-0.4, -0.2) is 32.2 Å². The molecule has 1 aromatic carbocycles. The molecule has 2 fully saturated rings. The van der Waals surface area contributed by atoms with Gasteiger partial charge in [0.15, 0.2) is 0 Å². The van der Waals surface area contributed by atoms with Crippen LogP contribution in [0.3, 0.4) is 0 Å². The first-order valence-corrected chi connectivity index (χ1v) is 11.1. The molecule has 1 aromatic rings. The van der Waals surface area contributed by atoms with Crippen LogP contribution in [0.1, 0.15) is 39.0 Å². The maximum atomic E-state index is 12.9. The summed E-state index contributed by atoms with van der Waals surface area (Å²) in [4.78, 5) is 24.1. The lowest BCUT2D eigenvalue weighted by atomic mass is 9.67. The Balaban J connectivity index is 1.86. The first-order valence-electron chi connectivity index (χ1n) is 9.58. The molecule has 0 aliphatic heterocycles. The summed E-state index contributed by atoms with van der Waals surface area (Å²) in [7, 11) is -5.53. The molecule has 1 unspecified atom stereocenters.